The van der Waals surface area contributed by atoms with Gasteiger partial charge in [0.05, 0.1) is 29.1 Å². The molecule has 0 bridgehead atoms. The molecule has 3 aromatic carbocycles. The summed E-state index contributed by atoms with van der Waals surface area (Å²) in [5.74, 6) is -0.0777. The number of esters is 2. The summed E-state index contributed by atoms with van der Waals surface area (Å²) < 4.78 is 23.1. The van der Waals surface area contributed by atoms with Gasteiger partial charge in [-0.05, 0) is 25.3 Å². The number of ether oxygens (including phenoxy) is 4. The predicted octanol–water partition coefficient (Wildman–Crippen LogP) is 4.61. The summed E-state index contributed by atoms with van der Waals surface area (Å²) in [7, 11) is 1.50. The van der Waals surface area contributed by atoms with Crippen molar-refractivity contribution in [2.24, 2.45) is 0 Å². The van der Waals surface area contributed by atoms with Gasteiger partial charge < -0.3 is 24.1 Å². The number of rotatable bonds is 3. The number of pyridine rings is 1. The highest BCUT2D eigenvalue weighted by Crippen LogP contribution is 2.50. The summed E-state index contributed by atoms with van der Waals surface area (Å²) in [6, 6.07) is 13.1. The maximum Gasteiger partial charge on any atom is 0.308 e. The molecular weight excluding hydrogens is 450 g/mol. The zero-order chi connectivity index (χ0) is 25.1. The predicted molar refractivity (Wildman–Crippen MR) is 130 cm³/mol. The number of carbonyl (C=O) groups excluding carboxylic acids is 2. The number of carbonyl (C=O) groups is 2. The Bertz CT molecular complexity index is 1530. The quantitative estimate of drug-likeness (QED) is 0.260. The molecule has 35 heavy (non-hydrogen) atoms. The van der Waals surface area contributed by atoms with Crippen molar-refractivity contribution in [1.82, 2.24) is 4.98 Å². The molecule has 8 nitrogen and oxygen atoms in total. The van der Waals surface area contributed by atoms with Gasteiger partial charge in [0, 0.05) is 30.7 Å². The fraction of sp³-hybridized carbons (Fsp3) is 0.296. The molecule has 1 aliphatic heterocycles. The lowest BCUT2D eigenvalue weighted by Gasteiger charge is -2.42. The Morgan fingerprint density at radius 2 is 1.77 bits per heavy atom. The summed E-state index contributed by atoms with van der Waals surface area (Å²) in [5, 5.41) is 14.3. The van der Waals surface area contributed by atoms with Gasteiger partial charge in [-0.1, -0.05) is 30.3 Å². The van der Waals surface area contributed by atoms with Crippen molar-refractivity contribution in [2.45, 2.75) is 45.5 Å². The number of benzene rings is 3. The number of aliphatic hydroxyl groups excluding tert-OH is 1. The highest BCUT2D eigenvalue weighted by Gasteiger charge is 2.47. The van der Waals surface area contributed by atoms with Gasteiger partial charge in [-0.2, -0.15) is 0 Å². The normalized spacial score (nSPS) is 18.7. The van der Waals surface area contributed by atoms with Crippen molar-refractivity contribution >= 4 is 44.5 Å². The number of fused-ring (bicyclic) bond motifs is 6. The van der Waals surface area contributed by atoms with E-state index in [4.69, 9.17) is 23.9 Å². The number of aliphatic hydroxyl groups is 1. The fourth-order valence-electron chi connectivity index (χ4n) is 4.82. The number of hydrogen-bond donors (Lipinski definition) is 1. The van der Waals surface area contributed by atoms with Gasteiger partial charge in [-0.3, -0.25) is 9.59 Å². The lowest BCUT2D eigenvalue weighted by Crippen LogP contribution is -2.51. The zero-order valence-electron chi connectivity index (χ0n) is 20.0. The molecule has 180 valence electrons. The van der Waals surface area contributed by atoms with Crippen LogP contribution in [0.4, 0.5) is 0 Å². The average Bonchev–Trinajstić information content (AvgIpc) is 2.79. The van der Waals surface area contributed by atoms with Crippen LogP contribution in [0.15, 0.2) is 42.5 Å². The van der Waals surface area contributed by atoms with E-state index in [1.54, 1.807) is 19.9 Å². The Kier molecular flexibility index (Phi) is 5.29. The molecule has 0 unspecified atom stereocenters. The van der Waals surface area contributed by atoms with E-state index in [1.165, 1.54) is 21.0 Å². The smallest absolute Gasteiger partial charge is 0.308 e. The van der Waals surface area contributed by atoms with Crippen molar-refractivity contribution in [3.63, 3.8) is 0 Å². The largest absolute Gasteiger partial charge is 0.496 e. The van der Waals surface area contributed by atoms with Gasteiger partial charge >= 0.3 is 11.9 Å². The minimum absolute atomic E-state index is 0.268. The molecule has 4 aromatic rings. The first-order valence-electron chi connectivity index (χ1n) is 11.2. The molecular formula is C27H25NO7. The first-order chi connectivity index (χ1) is 16.6. The summed E-state index contributed by atoms with van der Waals surface area (Å²) in [4.78, 5) is 29.0. The Hall–Kier alpha value is -3.91. The van der Waals surface area contributed by atoms with E-state index in [1.807, 2.05) is 36.4 Å². The second kappa shape index (κ2) is 8.09. The number of methoxy groups -OCH3 is 1. The Morgan fingerprint density at radius 3 is 2.46 bits per heavy atom. The molecule has 0 amide bonds. The highest BCUT2D eigenvalue weighted by atomic mass is 16.6. The third kappa shape index (κ3) is 3.61. The van der Waals surface area contributed by atoms with E-state index < -0.39 is 29.7 Å². The van der Waals surface area contributed by atoms with Gasteiger partial charge in [-0.15, -0.1) is 0 Å². The molecule has 8 heteroatoms. The van der Waals surface area contributed by atoms with Crippen molar-refractivity contribution in [1.29, 1.82) is 0 Å². The minimum Gasteiger partial charge on any atom is -0.496 e. The average molecular weight is 475 g/mol. The van der Waals surface area contributed by atoms with E-state index in [-0.39, 0.29) is 5.75 Å². The fourth-order valence-corrected chi connectivity index (χ4v) is 4.82. The van der Waals surface area contributed by atoms with E-state index in [2.05, 4.69) is 0 Å². The van der Waals surface area contributed by atoms with Crippen LogP contribution >= 0.6 is 0 Å². The Labute approximate surface area is 201 Å². The zero-order valence-corrected chi connectivity index (χ0v) is 20.0. The van der Waals surface area contributed by atoms with Crippen LogP contribution in [0.2, 0.25) is 0 Å². The summed E-state index contributed by atoms with van der Waals surface area (Å²) in [6.07, 6.45) is -2.25. The second-order valence-electron chi connectivity index (χ2n) is 9.11. The van der Waals surface area contributed by atoms with Crippen molar-refractivity contribution in [2.75, 3.05) is 7.11 Å². The van der Waals surface area contributed by atoms with Crippen LogP contribution in [-0.4, -0.2) is 40.8 Å². The first-order valence-corrected chi connectivity index (χ1v) is 11.2. The molecule has 0 radical (unpaired) electrons. The maximum atomic E-state index is 12.2. The van der Waals surface area contributed by atoms with Crippen LogP contribution in [0, 0.1) is 0 Å². The topological polar surface area (TPSA) is 104 Å². The molecule has 2 atom stereocenters. The molecule has 1 aromatic heterocycles. The molecule has 0 fully saturated rings. The summed E-state index contributed by atoms with van der Waals surface area (Å²) in [6.45, 7) is 6.06. The molecule has 2 heterocycles. The standard InChI is InChI=1S/C27H25NO7/c1-13(29)33-25-17-11-10-15-8-6-7-9-16(15)22(17)28-23-20-19(12-18(32-5)21(23)25)35-27(3,4)26(24(20)31)34-14(2)30/h6-12,24,26,31H,1-5H3/t24-,26-/m1/s1. The SMILES string of the molecule is COc1cc2c(c3nc4c(ccc5ccccc54)c(OC(C)=O)c13)[C@@H](O)[C@@H](OC(C)=O)C(C)(C)O2. The lowest BCUT2D eigenvalue weighted by atomic mass is 9.86. The molecule has 1 N–H and O–H groups in total. The van der Waals surface area contributed by atoms with Crippen LogP contribution in [0.5, 0.6) is 17.2 Å². The molecule has 5 rings (SSSR count). The van der Waals surface area contributed by atoms with Crippen molar-refractivity contribution in [3.05, 3.63) is 48.0 Å². The lowest BCUT2D eigenvalue weighted by molar-refractivity contribution is -0.174. The van der Waals surface area contributed by atoms with Gasteiger partial charge in [0.2, 0.25) is 0 Å². The molecule has 0 spiro atoms. The first kappa shape index (κ1) is 22.9. The van der Waals surface area contributed by atoms with Crippen LogP contribution in [-0.2, 0) is 14.3 Å². The van der Waals surface area contributed by atoms with E-state index in [0.717, 1.165) is 10.8 Å². The van der Waals surface area contributed by atoms with Gasteiger partial charge in [0.25, 0.3) is 0 Å². The summed E-state index contributed by atoms with van der Waals surface area (Å²) >= 11 is 0. The number of aromatic nitrogens is 1. The monoisotopic (exact) mass is 475 g/mol. The van der Waals surface area contributed by atoms with Crippen molar-refractivity contribution < 1.29 is 33.6 Å². The van der Waals surface area contributed by atoms with Gasteiger partial charge in [-0.25, -0.2) is 4.98 Å². The van der Waals surface area contributed by atoms with Gasteiger partial charge in [0.1, 0.15) is 23.2 Å². The highest BCUT2D eigenvalue weighted by molar-refractivity contribution is 6.14. The summed E-state index contributed by atoms with van der Waals surface area (Å²) in [5.41, 5.74) is 0.219. The van der Waals surface area contributed by atoms with E-state index >= 15 is 0 Å². The Balaban J connectivity index is 1.95. The molecule has 0 saturated heterocycles. The van der Waals surface area contributed by atoms with Crippen LogP contribution in [0.1, 0.15) is 39.4 Å². The minimum atomic E-state index is -1.25. The molecule has 0 saturated carbocycles. The van der Waals surface area contributed by atoms with Crippen molar-refractivity contribution in [3.8, 4) is 17.2 Å². The number of hydrogen-bond acceptors (Lipinski definition) is 8. The molecule has 0 aliphatic carbocycles. The van der Waals surface area contributed by atoms with Crippen LogP contribution in [0.25, 0.3) is 32.6 Å². The third-order valence-corrected chi connectivity index (χ3v) is 6.26. The number of nitrogens with zero attached hydrogens (tertiary/aromatic N) is 1. The Morgan fingerprint density at radius 1 is 1.03 bits per heavy atom. The van der Waals surface area contributed by atoms with E-state index in [9.17, 15) is 14.7 Å². The van der Waals surface area contributed by atoms with Crippen LogP contribution < -0.4 is 14.2 Å². The van der Waals surface area contributed by atoms with Crippen LogP contribution in [0.3, 0.4) is 0 Å². The van der Waals surface area contributed by atoms with E-state index in [0.29, 0.717) is 38.9 Å². The van der Waals surface area contributed by atoms with Gasteiger partial charge in [0.15, 0.2) is 11.9 Å². The third-order valence-electron chi connectivity index (χ3n) is 6.26. The second-order valence-corrected chi connectivity index (χ2v) is 9.11. The molecule has 1 aliphatic rings. The maximum absolute atomic E-state index is 12.2.